The first-order chi connectivity index (χ1) is 8.68. The molecule has 6 nitrogen and oxygen atoms in total. The van der Waals surface area contributed by atoms with Crippen LogP contribution in [0.5, 0.6) is 0 Å². The Morgan fingerprint density at radius 2 is 2.06 bits per heavy atom. The van der Waals surface area contributed by atoms with E-state index in [9.17, 15) is 9.59 Å². The van der Waals surface area contributed by atoms with Crippen LogP contribution in [0.4, 0.5) is 0 Å². The van der Waals surface area contributed by atoms with Crippen molar-refractivity contribution in [3.63, 3.8) is 0 Å². The van der Waals surface area contributed by atoms with E-state index in [4.69, 9.17) is 5.11 Å². The predicted molar refractivity (Wildman–Crippen MR) is 64.2 cm³/mol. The number of carboxylic acid groups (broad SMARTS) is 1. The maximum absolute atomic E-state index is 11.8. The summed E-state index contributed by atoms with van der Waals surface area (Å²) in [6.45, 7) is 0. The molecule has 0 aliphatic carbocycles. The number of nitrogens with zero attached hydrogens (tertiary/aromatic N) is 2. The van der Waals surface area contributed by atoms with Gasteiger partial charge in [0.05, 0.1) is 5.56 Å². The quantitative estimate of drug-likeness (QED) is 0.861. The third-order valence-electron chi connectivity index (χ3n) is 2.17. The van der Waals surface area contributed by atoms with Crippen LogP contribution >= 0.6 is 11.3 Å². The van der Waals surface area contributed by atoms with Crippen molar-refractivity contribution in [3.8, 4) is 0 Å². The summed E-state index contributed by atoms with van der Waals surface area (Å²) < 4.78 is 0. The first-order valence-electron chi connectivity index (χ1n) is 5.00. The molecular formula is C11H9N3O3S. The molecule has 0 aliphatic rings. The lowest BCUT2D eigenvalue weighted by Gasteiger charge is -2.12. The molecule has 2 aromatic rings. The molecule has 2 heterocycles. The number of carbonyl (C=O) groups is 2. The summed E-state index contributed by atoms with van der Waals surface area (Å²) >= 11 is 1.27. The van der Waals surface area contributed by atoms with E-state index in [0.29, 0.717) is 4.88 Å². The van der Waals surface area contributed by atoms with Gasteiger partial charge in [-0.1, -0.05) is 6.07 Å². The first kappa shape index (κ1) is 12.2. The van der Waals surface area contributed by atoms with Gasteiger partial charge in [0.1, 0.15) is 6.33 Å². The number of hydrogen-bond donors (Lipinski definition) is 2. The number of aromatic nitrogens is 2. The average Bonchev–Trinajstić information content (AvgIpc) is 2.90. The van der Waals surface area contributed by atoms with Gasteiger partial charge in [0.2, 0.25) is 0 Å². The van der Waals surface area contributed by atoms with Gasteiger partial charge in [-0.15, -0.1) is 11.3 Å². The average molecular weight is 263 g/mol. The Morgan fingerprint density at radius 1 is 1.33 bits per heavy atom. The Kier molecular flexibility index (Phi) is 3.63. The number of hydrogen-bond acceptors (Lipinski definition) is 5. The van der Waals surface area contributed by atoms with E-state index in [2.05, 4.69) is 15.3 Å². The summed E-state index contributed by atoms with van der Waals surface area (Å²) in [6, 6.07) is 2.33. The molecular weight excluding hydrogens is 254 g/mol. The van der Waals surface area contributed by atoms with E-state index in [1.807, 2.05) is 0 Å². The Morgan fingerprint density at radius 3 is 2.61 bits per heavy atom. The molecule has 0 bridgehead atoms. The van der Waals surface area contributed by atoms with Gasteiger partial charge in [0, 0.05) is 17.3 Å². The molecule has 0 aliphatic heterocycles. The number of nitrogens with one attached hydrogen (secondary N) is 1. The third kappa shape index (κ3) is 2.69. The second-order valence-electron chi connectivity index (χ2n) is 3.39. The molecule has 2 N–H and O–H groups in total. The smallest absolute Gasteiger partial charge is 0.331 e. The van der Waals surface area contributed by atoms with Crippen LogP contribution in [0, 0.1) is 0 Å². The van der Waals surface area contributed by atoms with Crippen molar-refractivity contribution in [3.05, 3.63) is 46.7 Å². The zero-order valence-corrected chi connectivity index (χ0v) is 9.92. The van der Waals surface area contributed by atoms with Crippen LogP contribution in [-0.2, 0) is 4.79 Å². The maximum atomic E-state index is 11.8. The van der Waals surface area contributed by atoms with Crippen LogP contribution in [0.3, 0.4) is 0 Å². The van der Waals surface area contributed by atoms with Gasteiger partial charge in [-0.3, -0.25) is 4.79 Å². The van der Waals surface area contributed by atoms with Gasteiger partial charge in [-0.25, -0.2) is 14.8 Å². The summed E-state index contributed by atoms with van der Waals surface area (Å²) in [5.74, 6) is -1.63. The molecule has 0 saturated heterocycles. The molecule has 18 heavy (non-hydrogen) atoms. The van der Waals surface area contributed by atoms with Crippen molar-refractivity contribution < 1.29 is 14.7 Å². The molecule has 0 aromatic carbocycles. The van der Waals surface area contributed by atoms with Gasteiger partial charge in [0.25, 0.3) is 5.91 Å². The largest absolute Gasteiger partial charge is 0.479 e. The number of amides is 1. The zero-order chi connectivity index (χ0) is 13.0. The van der Waals surface area contributed by atoms with Gasteiger partial charge in [-0.2, -0.15) is 0 Å². The Bertz CT molecular complexity index is 542. The molecule has 7 heteroatoms. The summed E-state index contributed by atoms with van der Waals surface area (Å²) in [5.41, 5.74) is 0.223. The molecule has 1 unspecified atom stereocenters. The zero-order valence-electron chi connectivity index (χ0n) is 9.11. The molecule has 2 rings (SSSR count). The number of rotatable bonds is 4. The minimum Gasteiger partial charge on any atom is -0.479 e. The SMILES string of the molecule is O=C(NC(C(=O)O)c1cccs1)c1cncnc1. The fourth-order valence-electron chi connectivity index (χ4n) is 1.34. The fourth-order valence-corrected chi connectivity index (χ4v) is 2.11. The van der Waals surface area contributed by atoms with Crippen LogP contribution in [-0.4, -0.2) is 27.0 Å². The fraction of sp³-hybridized carbons (Fsp3) is 0.0909. The summed E-state index contributed by atoms with van der Waals surface area (Å²) in [7, 11) is 0. The minimum absolute atomic E-state index is 0.223. The van der Waals surface area contributed by atoms with Crippen molar-refractivity contribution >= 4 is 23.2 Å². The van der Waals surface area contributed by atoms with Crippen molar-refractivity contribution in [2.24, 2.45) is 0 Å². The van der Waals surface area contributed by atoms with Crippen LogP contribution in [0.2, 0.25) is 0 Å². The van der Waals surface area contributed by atoms with Crippen molar-refractivity contribution in [1.82, 2.24) is 15.3 Å². The van der Waals surface area contributed by atoms with Crippen LogP contribution in [0.1, 0.15) is 21.3 Å². The molecule has 0 radical (unpaired) electrons. The lowest BCUT2D eigenvalue weighted by molar-refractivity contribution is -0.139. The molecule has 2 aromatic heterocycles. The van der Waals surface area contributed by atoms with Gasteiger partial charge < -0.3 is 10.4 Å². The van der Waals surface area contributed by atoms with Crippen molar-refractivity contribution in [2.75, 3.05) is 0 Å². The molecule has 1 atom stereocenters. The van der Waals surface area contributed by atoms with E-state index in [0.717, 1.165) is 0 Å². The monoisotopic (exact) mass is 263 g/mol. The summed E-state index contributed by atoms with van der Waals surface area (Å²) in [4.78, 5) is 30.9. The van der Waals surface area contributed by atoms with E-state index >= 15 is 0 Å². The van der Waals surface area contributed by atoms with Crippen LogP contribution < -0.4 is 5.32 Å². The number of aliphatic carboxylic acids is 1. The van der Waals surface area contributed by atoms with Gasteiger partial charge in [-0.05, 0) is 11.4 Å². The van der Waals surface area contributed by atoms with Gasteiger partial charge in [0.15, 0.2) is 6.04 Å². The highest BCUT2D eigenvalue weighted by Gasteiger charge is 2.23. The van der Waals surface area contributed by atoms with E-state index in [1.54, 1.807) is 17.5 Å². The predicted octanol–water partition coefficient (Wildman–Crippen LogP) is 1.09. The van der Waals surface area contributed by atoms with Crippen LogP contribution in [0.25, 0.3) is 0 Å². The van der Waals surface area contributed by atoms with E-state index < -0.39 is 17.9 Å². The standard InChI is InChI=1S/C11H9N3O3S/c15-10(7-4-12-6-13-5-7)14-9(11(16)17)8-2-1-3-18-8/h1-6,9H,(H,14,15)(H,16,17). The van der Waals surface area contributed by atoms with Gasteiger partial charge >= 0.3 is 5.97 Å². The maximum Gasteiger partial charge on any atom is 0.331 e. The van der Waals surface area contributed by atoms with Crippen LogP contribution in [0.15, 0.2) is 36.2 Å². The second kappa shape index (κ2) is 5.37. The lowest BCUT2D eigenvalue weighted by atomic mass is 10.2. The molecule has 1 amide bonds. The first-order valence-corrected chi connectivity index (χ1v) is 5.88. The normalized spacial score (nSPS) is 11.8. The lowest BCUT2D eigenvalue weighted by Crippen LogP contribution is -2.33. The Labute approximate surface area is 106 Å². The molecule has 92 valence electrons. The summed E-state index contributed by atoms with van der Waals surface area (Å²) in [6.07, 6.45) is 3.95. The third-order valence-corrected chi connectivity index (χ3v) is 3.11. The van der Waals surface area contributed by atoms with E-state index in [-0.39, 0.29) is 5.56 Å². The molecule has 0 spiro atoms. The number of thiophene rings is 1. The number of carbonyl (C=O) groups excluding carboxylic acids is 1. The topological polar surface area (TPSA) is 92.2 Å². The van der Waals surface area contributed by atoms with E-state index in [1.165, 1.54) is 30.1 Å². The highest BCUT2D eigenvalue weighted by Crippen LogP contribution is 2.19. The highest BCUT2D eigenvalue weighted by molar-refractivity contribution is 7.10. The second-order valence-corrected chi connectivity index (χ2v) is 4.37. The number of carboxylic acids is 1. The van der Waals surface area contributed by atoms with Crippen molar-refractivity contribution in [1.29, 1.82) is 0 Å². The molecule has 0 fully saturated rings. The Hall–Kier alpha value is -2.28. The molecule has 0 saturated carbocycles. The minimum atomic E-state index is -1.11. The Balaban J connectivity index is 2.16. The highest BCUT2D eigenvalue weighted by atomic mass is 32.1. The summed E-state index contributed by atoms with van der Waals surface area (Å²) in [5, 5.41) is 13.3. The van der Waals surface area contributed by atoms with Crippen molar-refractivity contribution in [2.45, 2.75) is 6.04 Å².